The molecule has 0 radical (unpaired) electrons. The molecule has 0 atom stereocenters. The first-order valence-electron chi connectivity index (χ1n) is 17.2. The number of rotatable bonds is 20. The van der Waals surface area contributed by atoms with Gasteiger partial charge < -0.3 is 0 Å². The monoisotopic (exact) mass is 530 g/mol. The van der Waals surface area contributed by atoms with Crippen molar-refractivity contribution in [2.24, 2.45) is 0 Å². The molecule has 218 valence electrons. The molecule has 0 aliphatic heterocycles. The Labute approximate surface area is 243 Å². The van der Waals surface area contributed by atoms with Gasteiger partial charge in [-0.1, -0.05) is 181 Å². The van der Waals surface area contributed by atoms with E-state index in [2.05, 4.69) is 77.9 Å². The highest BCUT2D eigenvalue weighted by Gasteiger charge is 2.42. The molecule has 3 rings (SSSR count). The quantitative estimate of drug-likeness (QED) is 0.149. The zero-order valence-corrected chi connectivity index (χ0v) is 26.8. The van der Waals surface area contributed by atoms with Gasteiger partial charge in [0.2, 0.25) is 0 Å². The fourth-order valence-electron chi connectivity index (χ4n) is 7.03. The highest BCUT2D eigenvalue weighted by Crippen LogP contribution is 2.55. The molecule has 1 aliphatic rings. The van der Waals surface area contributed by atoms with E-state index in [1.165, 1.54) is 138 Å². The van der Waals surface area contributed by atoms with Crippen LogP contribution in [0.1, 0.15) is 191 Å². The lowest BCUT2D eigenvalue weighted by Crippen LogP contribution is -2.26. The lowest BCUT2D eigenvalue weighted by Gasteiger charge is -2.34. The average Bonchev–Trinajstić information content (AvgIpc) is 3.20. The van der Waals surface area contributed by atoms with Crippen LogP contribution in [0.25, 0.3) is 11.1 Å². The van der Waals surface area contributed by atoms with Gasteiger partial charge in [-0.2, -0.15) is 0 Å². The van der Waals surface area contributed by atoms with E-state index in [-0.39, 0.29) is 5.41 Å². The Hall–Kier alpha value is -1.56. The number of hydrogen-bond donors (Lipinski definition) is 0. The fourth-order valence-corrected chi connectivity index (χ4v) is 7.03. The minimum Gasteiger partial charge on any atom is -0.0654 e. The van der Waals surface area contributed by atoms with Crippen molar-refractivity contribution in [1.29, 1.82) is 0 Å². The minimum atomic E-state index is 0.199. The fraction of sp³-hybridized carbons (Fsp3) is 0.692. The summed E-state index contributed by atoms with van der Waals surface area (Å²) in [5.74, 6) is 1.16. The van der Waals surface area contributed by atoms with E-state index in [1.807, 2.05) is 0 Å². The molecule has 2 aromatic rings. The number of hydrogen-bond acceptors (Lipinski definition) is 0. The zero-order valence-electron chi connectivity index (χ0n) is 26.8. The molecule has 0 aromatic heterocycles. The molecule has 2 aromatic carbocycles. The maximum absolute atomic E-state index is 2.63. The zero-order chi connectivity index (χ0) is 28.1. The predicted molar refractivity (Wildman–Crippen MR) is 175 cm³/mol. The van der Waals surface area contributed by atoms with Gasteiger partial charge in [0.05, 0.1) is 0 Å². The van der Waals surface area contributed by atoms with Gasteiger partial charge >= 0.3 is 0 Å². The van der Waals surface area contributed by atoms with Crippen molar-refractivity contribution < 1.29 is 0 Å². The number of fused-ring (bicyclic) bond motifs is 3. The summed E-state index contributed by atoms with van der Waals surface area (Å²) in [7, 11) is 0. The second-order valence-electron chi connectivity index (χ2n) is 13.5. The van der Waals surface area contributed by atoms with Crippen LogP contribution < -0.4 is 0 Å². The smallest absolute Gasteiger partial charge is 0.0215 e. The van der Waals surface area contributed by atoms with Gasteiger partial charge in [-0.3, -0.25) is 0 Å². The van der Waals surface area contributed by atoms with Gasteiger partial charge in [0.25, 0.3) is 0 Å². The predicted octanol–water partition coefficient (Wildman–Crippen LogP) is 13.3. The SMILES string of the molecule is CCCCCCCCCCC1(CCCCCCCCCC)c2cc(C(C)C)ccc2-c2ccc(C(C)C)cc21. The first-order valence-corrected chi connectivity index (χ1v) is 17.2. The first kappa shape index (κ1) is 32.0. The van der Waals surface area contributed by atoms with E-state index in [0.29, 0.717) is 11.8 Å². The molecule has 39 heavy (non-hydrogen) atoms. The summed E-state index contributed by atoms with van der Waals surface area (Å²) in [6.45, 7) is 14.1. The topological polar surface area (TPSA) is 0 Å². The summed E-state index contributed by atoms with van der Waals surface area (Å²) in [6, 6.07) is 15.0. The lowest BCUT2D eigenvalue weighted by atomic mass is 9.69. The van der Waals surface area contributed by atoms with Crippen molar-refractivity contribution in [3.05, 3.63) is 58.7 Å². The highest BCUT2D eigenvalue weighted by atomic mass is 14.5. The van der Waals surface area contributed by atoms with Gasteiger partial charge in [-0.15, -0.1) is 0 Å². The van der Waals surface area contributed by atoms with Gasteiger partial charge in [0.15, 0.2) is 0 Å². The average molecular weight is 531 g/mol. The van der Waals surface area contributed by atoms with Gasteiger partial charge in [-0.25, -0.2) is 0 Å². The van der Waals surface area contributed by atoms with Crippen LogP contribution in [0.5, 0.6) is 0 Å². The summed E-state index contributed by atoms with van der Waals surface area (Å²) in [5.41, 5.74) is 9.62. The van der Waals surface area contributed by atoms with Crippen molar-refractivity contribution in [1.82, 2.24) is 0 Å². The van der Waals surface area contributed by atoms with E-state index in [0.717, 1.165) is 0 Å². The Balaban J connectivity index is 1.84. The van der Waals surface area contributed by atoms with Crippen molar-refractivity contribution >= 4 is 0 Å². The Kier molecular flexibility index (Phi) is 13.6. The number of unbranched alkanes of at least 4 members (excludes halogenated alkanes) is 14. The Morgan fingerprint density at radius 1 is 0.462 bits per heavy atom. The standard InChI is InChI=1S/C39H62/c1-7-9-11-13-15-17-19-21-27-39(28-22-20-18-16-14-12-10-8-2)37-29-33(31(3)4)23-25-35(37)36-26-24-34(32(5)6)30-38(36)39/h23-26,29-32H,7-22,27-28H2,1-6H3. The van der Waals surface area contributed by atoms with Crippen LogP contribution in [0.15, 0.2) is 36.4 Å². The molecule has 0 bridgehead atoms. The second kappa shape index (κ2) is 16.6. The molecule has 0 amide bonds. The van der Waals surface area contributed by atoms with Crippen molar-refractivity contribution in [3.63, 3.8) is 0 Å². The maximum Gasteiger partial charge on any atom is 0.0215 e. The third kappa shape index (κ3) is 8.71. The molecule has 0 nitrogen and oxygen atoms in total. The second-order valence-corrected chi connectivity index (χ2v) is 13.5. The highest BCUT2D eigenvalue weighted by molar-refractivity contribution is 5.82. The molecule has 0 unspecified atom stereocenters. The summed E-state index contributed by atoms with van der Waals surface area (Å²) < 4.78 is 0. The van der Waals surface area contributed by atoms with Crippen LogP contribution in [0.3, 0.4) is 0 Å². The molecular formula is C39H62. The Bertz CT molecular complexity index is 882. The summed E-state index contributed by atoms with van der Waals surface area (Å²) >= 11 is 0. The van der Waals surface area contributed by atoms with Gasteiger partial charge in [0.1, 0.15) is 0 Å². The van der Waals surface area contributed by atoms with Crippen LogP contribution in [-0.4, -0.2) is 0 Å². The van der Waals surface area contributed by atoms with Crippen LogP contribution >= 0.6 is 0 Å². The van der Waals surface area contributed by atoms with E-state index in [4.69, 9.17) is 0 Å². The third-order valence-electron chi connectivity index (χ3n) is 9.66. The van der Waals surface area contributed by atoms with Crippen LogP contribution in [-0.2, 0) is 5.41 Å². The minimum absolute atomic E-state index is 0.199. The molecule has 0 saturated heterocycles. The molecule has 0 heteroatoms. The van der Waals surface area contributed by atoms with Crippen LogP contribution in [0.2, 0.25) is 0 Å². The number of benzene rings is 2. The normalized spacial score (nSPS) is 13.8. The van der Waals surface area contributed by atoms with E-state index < -0.39 is 0 Å². The maximum atomic E-state index is 2.63. The van der Waals surface area contributed by atoms with Gasteiger partial charge in [-0.05, 0) is 58.1 Å². The molecule has 1 aliphatic carbocycles. The molecule has 0 heterocycles. The molecule has 0 fully saturated rings. The third-order valence-corrected chi connectivity index (χ3v) is 9.66. The molecule has 0 saturated carbocycles. The van der Waals surface area contributed by atoms with Gasteiger partial charge in [0, 0.05) is 5.41 Å². The molecule has 0 spiro atoms. The van der Waals surface area contributed by atoms with E-state index in [9.17, 15) is 0 Å². The molecule has 0 N–H and O–H groups in total. The Morgan fingerprint density at radius 2 is 0.795 bits per heavy atom. The molecular weight excluding hydrogens is 468 g/mol. The van der Waals surface area contributed by atoms with Crippen molar-refractivity contribution in [3.8, 4) is 11.1 Å². The summed E-state index contributed by atoms with van der Waals surface area (Å²) in [6.07, 6.45) is 25.0. The first-order chi connectivity index (χ1) is 18.9. The summed E-state index contributed by atoms with van der Waals surface area (Å²) in [5, 5.41) is 0. The van der Waals surface area contributed by atoms with Crippen molar-refractivity contribution in [2.45, 2.75) is 174 Å². The Morgan fingerprint density at radius 3 is 1.13 bits per heavy atom. The van der Waals surface area contributed by atoms with Crippen LogP contribution in [0.4, 0.5) is 0 Å². The van der Waals surface area contributed by atoms with Crippen LogP contribution in [0, 0.1) is 0 Å². The van der Waals surface area contributed by atoms with E-state index in [1.54, 1.807) is 11.1 Å². The summed E-state index contributed by atoms with van der Waals surface area (Å²) in [4.78, 5) is 0. The van der Waals surface area contributed by atoms with E-state index >= 15 is 0 Å². The largest absolute Gasteiger partial charge is 0.0654 e. The van der Waals surface area contributed by atoms with Crippen molar-refractivity contribution in [2.75, 3.05) is 0 Å². The lowest BCUT2D eigenvalue weighted by molar-refractivity contribution is 0.396.